The lowest BCUT2D eigenvalue weighted by atomic mass is 10.1. The van der Waals surface area contributed by atoms with Gasteiger partial charge in [0.2, 0.25) is 0 Å². The maximum absolute atomic E-state index is 11.2. The van der Waals surface area contributed by atoms with Gasteiger partial charge < -0.3 is 9.84 Å². The van der Waals surface area contributed by atoms with Crippen LogP contribution in [0.3, 0.4) is 0 Å². The van der Waals surface area contributed by atoms with E-state index < -0.39 is 5.97 Å². The molecule has 106 valence electrons. The standard InChI is InChI=1S/C14H15BrN2O3/c1-8(2)20-10-6-4-9(5-7-10)12-11(15)13(14(18)19)17(3)16-12/h4-8H,1-3H3,(H,18,19). The van der Waals surface area contributed by atoms with Crippen LogP contribution in [0.4, 0.5) is 0 Å². The number of ether oxygens (including phenoxy) is 1. The van der Waals surface area contributed by atoms with Gasteiger partial charge in [0.15, 0.2) is 5.69 Å². The number of hydrogen-bond acceptors (Lipinski definition) is 3. The van der Waals surface area contributed by atoms with Crippen molar-refractivity contribution in [1.29, 1.82) is 0 Å². The summed E-state index contributed by atoms with van der Waals surface area (Å²) in [5.41, 5.74) is 1.56. The van der Waals surface area contributed by atoms with E-state index in [-0.39, 0.29) is 11.8 Å². The molecule has 0 saturated carbocycles. The molecule has 1 aromatic carbocycles. The maximum atomic E-state index is 11.2. The first-order valence-electron chi connectivity index (χ1n) is 6.13. The number of rotatable bonds is 4. The van der Waals surface area contributed by atoms with Crippen LogP contribution in [0.2, 0.25) is 0 Å². The Kier molecular flexibility index (Phi) is 4.13. The average molecular weight is 339 g/mol. The van der Waals surface area contributed by atoms with Crippen molar-refractivity contribution in [3.05, 3.63) is 34.4 Å². The second-order valence-corrected chi connectivity index (χ2v) is 5.42. The molecule has 0 aliphatic rings. The monoisotopic (exact) mass is 338 g/mol. The lowest BCUT2D eigenvalue weighted by Crippen LogP contribution is -2.05. The molecule has 0 bridgehead atoms. The van der Waals surface area contributed by atoms with Crippen molar-refractivity contribution in [3.63, 3.8) is 0 Å². The van der Waals surface area contributed by atoms with E-state index in [0.29, 0.717) is 10.2 Å². The van der Waals surface area contributed by atoms with Gasteiger partial charge in [0.25, 0.3) is 0 Å². The minimum Gasteiger partial charge on any atom is -0.491 e. The summed E-state index contributed by atoms with van der Waals surface area (Å²) in [6.07, 6.45) is 0.112. The van der Waals surface area contributed by atoms with E-state index in [2.05, 4.69) is 21.0 Å². The highest BCUT2D eigenvalue weighted by Crippen LogP contribution is 2.31. The van der Waals surface area contributed by atoms with Gasteiger partial charge in [-0.3, -0.25) is 4.68 Å². The van der Waals surface area contributed by atoms with E-state index >= 15 is 0 Å². The molecule has 6 heteroatoms. The molecule has 0 aliphatic heterocycles. The zero-order valence-electron chi connectivity index (χ0n) is 11.4. The number of carboxylic acid groups (broad SMARTS) is 1. The maximum Gasteiger partial charge on any atom is 0.355 e. The summed E-state index contributed by atoms with van der Waals surface area (Å²) >= 11 is 3.30. The van der Waals surface area contributed by atoms with Gasteiger partial charge in [-0.05, 0) is 54.0 Å². The van der Waals surface area contributed by atoms with Crippen LogP contribution in [-0.4, -0.2) is 27.0 Å². The summed E-state index contributed by atoms with van der Waals surface area (Å²) in [6.45, 7) is 3.92. The molecule has 0 spiro atoms. The van der Waals surface area contributed by atoms with Gasteiger partial charge in [0.05, 0.1) is 10.6 Å². The number of carboxylic acids is 1. The van der Waals surface area contributed by atoms with Crippen molar-refractivity contribution in [2.45, 2.75) is 20.0 Å². The van der Waals surface area contributed by atoms with E-state index in [4.69, 9.17) is 9.84 Å². The van der Waals surface area contributed by atoms with Crippen LogP contribution in [0.5, 0.6) is 5.75 Å². The van der Waals surface area contributed by atoms with Gasteiger partial charge in [-0.25, -0.2) is 4.79 Å². The predicted octanol–water partition coefficient (Wildman–Crippen LogP) is 3.34. The molecule has 0 saturated heterocycles. The Morgan fingerprint density at radius 2 is 1.95 bits per heavy atom. The third-order valence-electron chi connectivity index (χ3n) is 2.69. The summed E-state index contributed by atoms with van der Waals surface area (Å²) in [6, 6.07) is 7.40. The van der Waals surface area contributed by atoms with Gasteiger partial charge in [-0.1, -0.05) is 0 Å². The molecule has 2 aromatic rings. The van der Waals surface area contributed by atoms with Crippen LogP contribution >= 0.6 is 15.9 Å². The third-order valence-corrected chi connectivity index (χ3v) is 3.44. The van der Waals surface area contributed by atoms with Crippen molar-refractivity contribution < 1.29 is 14.6 Å². The first-order valence-corrected chi connectivity index (χ1v) is 6.92. The first kappa shape index (κ1) is 14.6. The van der Waals surface area contributed by atoms with Crippen LogP contribution in [-0.2, 0) is 7.05 Å². The Hall–Kier alpha value is -1.82. The summed E-state index contributed by atoms with van der Waals surface area (Å²) in [5.74, 6) is -0.243. The number of nitrogens with zero attached hydrogens (tertiary/aromatic N) is 2. The lowest BCUT2D eigenvalue weighted by Gasteiger charge is -2.09. The van der Waals surface area contributed by atoms with Gasteiger partial charge >= 0.3 is 5.97 Å². The zero-order valence-corrected chi connectivity index (χ0v) is 13.0. The van der Waals surface area contributed by atoms with Crippen LogP contribution in [0.25, 0.3) is 11.3 Å². The molecule has 2 rings (SSSR count). The first-order chi connectivity index (χ1) is 9.40. The van der Waals surface area contributed by atoms with E-state index in [9.17, 15) is 4.79 Å². The van der Waals surface area contributed by atoms with Crippen LogP contribution < -0.4 is 4.74 Å². The summed E-state index contributed by atoms with van der Waals surface area (Å²) in [5, 5.41) is 13.4. The molecule has 1 aromatic heterocycles. The van der Waals surface area contributed by atoms with Crippen molar-refractivity contribution in [1.82, 2.24) is 9.78 Å². The van der Waals surface area contributed by atoms with Crippen molar-refractivity contribution in [2.24, 2.45) is 7.05 Å². The number of aromatic nitrogens is 2. The third kappa shape index (κ3) is 2.85. The highest BCUT2D eigenvalue weighted by atomic mass is 79.9. The number of benzene rings is 1. The van der Waals surface area contributed by atoms with Crippen LogP contribution in [0.15, 0.2) is 28.7 Å². The molecule has 20 heavy (non-hydrogen) atoms. The van der Waals surface area contributed by atoms with Crippen LogP contribution in [0, 0.1) is 0 Å². The van der Waals surface area contributed by atoms with Gasteiger partial charge in [0.1, 0.15) is 11.4 Å². The fourth-order valence-corrected chi connectivity index (χ4v) is 2.61. The summed E-state index contributed by atoms with van der Waals surface area (Å²) in [4.78, 5) is 11.2. The number of halogens is 1. The molecule has 0 unspecified atom stereocenters. The van der Waals surface area contributed by atoms with E-state index in [1.807, 2.05) is 38.1 Å². The summed E-state index contributed by atoms with van der Waals surface area (Å²) < 4.78 is 7.40. The summed E-state index contributed by atoms with van der Waals surface area (Å²) in [7, 11) is 1.61. The predicted molar refractivity (Wildman–Crippen MR) is 79.1 cm³/mol. The molecular weight excluding hydrogens is 324 g/mol. The van der Waals surface area contributed by atoms with E-state index in [1.165, 1.54) is 4.68 Å². The smallest absolute Gasteiger partial charge is 0.355 e. The number of hydrogen-bond donors (Lipinski definition) is 1. The Labute approximate surface area is 125 Å². The minimum atomic E-state index is -1.02. The number of aromatic carboxylic acids is 1. The second kappa shape index (κ2) is 5.66. The molecule has 0 fully saturated rings. The quantitative estimate of drug-likeness (QED) is 0.928. The molecule has 1 heterocycles. The highest BCUT2D eigenvalue weighted by Gasteiger charge is 2.20. The van der Waals surface area contributed by atoms with E-state index in [1.54, 1.807) is 7.05 Å². The molecule has 1 N–H and O–H groups in total. The Bertz CT molecular complexity index is 633. The molecule has 0 amide bonds. The van der Waals surface area contributed by atoms with Crippen molar-refractivity contribution in [2.75, 3.05) is 0 Å². The second-order valence-electron chi connectivity index (χ2n) is 4.63. The molecule has 0 aliphatic carbocycles. The normalized spacial score (nSPS) is 10.8. The Balaban J connectivity index is 2.37. The molecule has 0 radical (unpaired) electrons. The minimum absolute atomic E-state index is 0.112. The highest BCUT2D eigenvalue weighted by molar-refractivity contribution is 9.10. The van der Waals surface area contributed by atoms with Gasteiger partial charge in [-0.2, -0.15) is 5.10 Å². The molecular formula is C14H15BrN2O3. The number of carbonyl (C=O) groups is 1. The van der Waals surface area contributed by atoms with Crippen molar-refractivity contribution in [3.8, 4) is 17.0 Å². The van der Waals surface area contributed by atoms with Crippen molar-refractivity contribution >= 4 is 21.9 Å². The SMILES string of the molecule is CC(C)Oc1ccc(-c2nn(C)c(C(=O)O)c2Br)cc1. The zero-order chi connectivity index (χ0) is 14.9. The Morgan fingerprint density at radius 1 is 1.35 bits per heavy atom. The molecule has 0 atom stereocenters. The van der Waals surface area contributed by atoms with Gasteiger partial charge in [0, 0.05) is 12.6 Å². The van der Waals surface area contributed by atoms with Crippen LogP contribution in [0.1, 0.15) is 24.3 Å². The Morgan fingerprint density at radius 3 is 2.40 bits per heavy atom. The number of aryl methyl sites for hydroxylation is 1. The van der Waals surface area contributed by atoms with E-state index in [0.717, 1.165) is 11.3 Å². The molecule has 5 nitrogen and oxygen atoms in total. The van der Waals surface area contributed by atoms with Gasteiger partial charge in [-0.15, -0.1) is 0 Å². The topological polar surface area (TPSA) is 64.4 Å². The lowest BCUT2D eigenvalue weighted by molar-refractivity contribution is 0.0684. The average Bonchev–Trinajstić information content (AvgIpc) is 2.65. The fraction of sp³-hybridized carbons (Fsp3) is 0.286. The largest absolute Gasteiger partial charge is 0.491 e. The fourth-order valence-electron chi connectivity index (χ4n) is 1.88.